The lowest BCUT2D eigenvalue weighted by Crippen LogP contribution is -2.27. The van der Waals surface area contributed by atoms with Gasteiger partial charge in [0.1, 0.15) is 5.60 Å². The topological polar surface area (TPSA) is 63.0 Å². The minimum absolute atomic E-state index is 0.531. The smallest absolute Gasteiger partial charge is 0.328 e. The number of hydrogen-bond donors (Lipinski definition) is 0. The van der Waals surface area contributed by atoms with Crippen molar-refractivity contribution < 1.29 is 9.53 Å². The average Bonchev–Trinajstić information content (AvgIpc) is 2.38. The molecule has 0 saturated carbocycles. The largest absolute Gasteiger partial charge is 0.459 e. The highest BCUT2D eigenvalue weighted by Gasteiger charge is 2.27. The summed E-state index contributed by atoms with van der Waals surface area (Å²) in [5.74, 6) is -1.47. The number of esters is 1. The van der Waals surface area contributed by atoms with Crippen LogP contribution in [0.25, 0.3) is 10.9 Å². The number of hydrogen-bond acceptors (Lipinski definition) is 4. The monoisotopic (exact) mass is 268 g/mol. The molecule has 20 heavy (non-hydrogen) atoms. The number of aromatic nitrogens is 1. The standard InChI is InChI=1S/C16H16N2O2/c1-16(2,3)20-15(19)13(10-17)11-8-9-18-14-7-5-4-6-12(11)14/h4-9,13H,1-3H3/t13-/m1/s1. The maximum atomic E-state index is 12.2. The Morgan fingerprint density at radius 1 is 1.30 bits per heavy atom. The first-order valence-corrected chi connectivity index (χ1v) is 6.38. The molecule has 0 aliphatic carbocycles. The fourth-order valence-corrected chi connectivity index (χ4v) is 1.98. The van der Waals surface area contributed by atoms with E-state index < -0.39 is 17.5 Å². The number of fused-ring (bicyclic) bond motifs is 1. The van der Waals surface area contributed by atoms with Crippen LogP contribution in [-0.2, 0) is 9.53 Å². The second-order valence-corrected chi connectivity index (χ2v) is 5.51. The lowest BCUT2D eigenvalue weighted by atomic mass is 9.96. The maximum absolute atomic E-state index is 12.2. The fourth-order valence-electron chi connectivity index (χ4n) is 1.98. The second-order valence-electron chi connectivity index (χ2n) is 5.51. The first-order chi connectivity index (χ1) is 9.42. The van der Waals surface area contributed by atoms with Crippen LogP contribution < -0.4 is 0 Å². The molecule has 0 bridgehead atoms. The third-order valence-electron chi connectivity index (χ3n) is 2.77. The molecule has 1 aromatic carbocycles. The van der Waals surface area contributed by atoms with Crippen LogP contribution in [0, 0.1) is 11.3 Å². The first kappa shape index (κ1) is 14.0. The third-order valence-corrected chi connectivity index (χ3v) is 2.77. The number of benzene rings is 1. The van der Waals surface area contributed by atoms with E-state index in [-0.39, 0.29) is 0 Å². The number of nitriles is 1. The second kappa shape index (κ2) is 5.30. The van der Waals surface area contributed by atoms with E-state index in [0.29, 0.717) is 5.56 Å². The van der Waals surface area contributed by atoms with Gasteiger partial charge in [0.25, 0.3) is 0 Å². The summed E-state index contributed by atoms with van der Waals surface area (Å²) in [5, 5.41) is 10.1. The van der Waals surface area contributed by atoms with Crippen LogP contribution in [0.2, 0.25) is 0 Å². The molecule has 0 aliphatic rings. The predicted molar refractivity (Wildman–Crippen MR) is 75.9 cm³/mol. The summed E-state index contributed by atoms with van der Waals surface area (Å²) in [5.41, 5.74) is 0.774. The van der Waals surface area contributed by atoms with Crippen molar-refractivity contribution in [2.45, 2.75) is 32.3 Å². The molecule has 0 amide bonds. The van der Waals surface area contributed by atoms with Crippen molar-refractivity contribution in [3.05, 3.63) is 42.1 Å². The molecule has 0 saturated heterocycles. The van der Waals surface area contributed by atoms with Crippen LogP contribution in [0.1, 0.15) is 32.3 Å². The Balaban J connectivity index is 2.46. The van der Waals surface area contributed by atoms with E-state index >= 15 is 0 Å². The quantitative estimate of drug-likeness (QED) is 0.785. The number of rotatable bonds is 2. The Morgan fingerprint density at radius 3 is 2.65 bits per heavy atom. The fraction of sp³-hybridized carbons (Fsp3) is 0.312. The van der Waals surface area contributed by atoms with Gasteiger partial charge in [0.15, 0.2) is 5.92 Å². The summed E-state index contributed by atoms with van der Waals surface area (Å²) in [6.07, 6.45) is 1.60. The molecule has 0 unspecified atom stereocenters. The van der Waals surface area contributed by atoms with E-state index in [1.807, 2.05) is 30.3 Å². The molecule has 0 N–H and O–H groups in total. The van der Waals surface area contributed by atoms with Gasteiger partial charge >= 0.3 is 5.97 Å². The van der Waals surface area contributed by atoms with E-state index in [2.05, 4.69) is 4.98 Å². The van der Waals surface area contributed by atoms with Gasteiger partial charge in [-0.1, -0.05) is 18.2 Å². The van der Waals surface area contributed by atoms with Crippen LogP contribution in [0.5, 0.6) is 0 Å². The van der Waals surface area contributed by atoms with Crippen molar-refractivity contribution in [3.8, 4) is 6.07 Å². The van der Waals surface area contributed by atoms with Gasteiger partial charge in [0.05, 0.1) is 11.6 Å². The number of carbonyl (C=O) groups excluding carboxylic acids is 1. The van der Waals surface area contributed by atoms with Crippen molar-refractivity contribution in [3.63, 3.8) is 0 Å². The van der Waals surface area contributed by atoms with Crippen molar-refractivity contribution in [1.29, 1.82) is 5.26 Å². The van der Waals surface area contributed by atoms with E-state index in [0.717, 1.165) is 10.9 Å². The van der Waals surface area contributed by atoms with Gasteiger partial charge in [-0.05, 0) is 38.5 Å². The highest BCUT2D eigenvalue weighted by Crippen LogP contribution is 2.26. The Morgan fingerprint density at radius 2 is 2.00 bits per heavy atom. The van der Waals surface area contributed by atoms with Crippen molar-refractivity contribution in [1.82, 2.24) is 4.98 Å². The summed E-state index contributed by atoms with van der Waals surface area (Å²) in [6.45, 7) is 5.35. The summed E-state index contributed by atoms with van der Waals surface area (Å²) < 4.78 is 5.31. The molecular formula is C16H16N2O2. The molecule has 2 rings (SSSR count). The maximum Gasteiger partial charge on any atom is 0.328 e. The van der Waals surface area contributed by atoms with Crippen LogP contribution in [-0.4, -0.2) is 16.6 Å². The van der Waals surface area contributed by atoms with Crippen LogP contribution in [0.4, 0.5) is 0 Å². The van der Waals surface area contributed by atoms with Gasteiger partial charge in [-0.2, -0.15) is 5.26 Å². The highest BCUT2D eigenvalue weighted by molar-refractivity contribution is 5.90. The zero-order chi connectivity index (χ0) is 14.8. The summed E-state index contributed by atoms with van der Waals surface area (Å²) in [7, 11) is 0. The molecule has 1 heterocycles. The first-order valence-electron chi connectivity index (χ1n) is 6.38. The molecule has 102 valence electrons. The van der Waals surface area contributed by atoms with E-state index in [1.54, 1.807) is 33.0 Å². The highest BCUT2D eigenvalue weighted by atomic mass is 16.6. The Bertz CT molecular complexity index is 675. The molecule has 1 atom stereocenters. The molecule has 0 fully saturated rings. The molecule has 4 nitrogen and oxygen atoms in total. The van der Waals surface area contributed by atoms with Gasteiger partial charge in [-0.3, -0.25) is 9.78 Å². The van der Waals surface area contributed by atoms with Gasteiger partial charge in [-0.25, -0.2) is 0 Å². The Labute approximate surface area is 118 Å². The zero-order valence-corrected chi connectivity index (χ0v) is 11.8. The van der Waals surface area contributed by atoms with Gasteiger partial charge in [0, 0.05) is 11.6 Å². The van der Waals surface area contributed by atoms with E-state index in [9.17, 15) is 10.1 Å². The minimum Gasteiger partial charge on any atom is -0.459 e. The predicted octanol–water partition coefficient (Wildman–Crippen LogP) is 3.18. The summed E-state index contributed by atoms with van der Waals surface area (Å²) >= 11 is 0. The number of carbonyl (C=O) groups is 1. The Hall–Kier alpha value is -2.41. The lowest BCUT2D eigenvalue weighted by molar-refractivity contribution is -0.155. The average molecular weight is 268 g/mol. The van der Waals surface area contributed by atoms with Crippen molar-refractivity contribution >= 4 is 16.9 Å². The lowest BCUT2D eigenvalue weighted by Gasteiger charge is -2.21. The van der Waals surface area contributed by atoms with Crippen LogP contribution >= 0.6 is 0 Å². The number of para-hydroxylation sites is 1. The molecule has 4 heteroatoms. The van der Waals surface area contributed by atoms with Gasteiger partial charge in [-0.15, -0.1) is 0 Å². The molecule has 0 aliphatic heterocycles. The summed E-state index contributed by atoms with van der Waals surface area (Å²) in [4.78, 5) is 16.4. The molecule has 2 aromatic rings. The summed E-state index contributed by atoms with van der Waals surface area (Å²) in [6, 6.07) is 11.2. The minimum atomic E-state index is -0.942. The zero-order valence-electron chi connectivity index (χ0n) is 11.8. The van der Waals surface area contributed by atoms with Crippen molar-refractivity contribution in [2.24, 2.45) is 0 Å². The number of ether oxygens (including phenoxy) is 1. The van der Waals surface area contributed by atoms with E-state index in [4.69, 9.17) is 4.74 Å². The SMILES string of the molecule is CC(C)(C)OC(=O)[C@H](C#N)c1ccnc2ccccc12. The van der Waals surface area contributed by atoms with Crippen molar-refractivity contribution in [2.75, 3.05) is 0 Å². The van der Waals surface area contributed by atoms with Gasteiger partial charge in [0.2, 0.25) is 0 Å². The van der Waals surface area contributed by atoms with E-state index in [1.165, 1.54) is 0 Å². The number of nitrogens with zero attached hydrogens (tertiary/aromatic N) is 2. The molecule has 0 spiro atoms. The van der Waals surface area contributed by atoms with Gasteiger partial charge < -0.3 is 4.74 Å². The molecule has 1 aromatic heterocycles. The van der Waals surface area contributed by atoms with Crippen LogP contribution in [0.3, 0.4) is 0 Å². The van der Waals surface area contributed by atoms with Crippen LogP contribution in [0.15, 0.2) is 36.5 Å². The number of pyridine rings is 1. The molecular weight excluding hydrogens is 252 g/mol. The third kappa shape index (κ3) is 2.94. The molecule has 0 radical (unpaired) electrons. The Kier molecular flexibility index (Phi) is 3.71. The normalized spacial score (nSPS) is 12.7.